The van der Waals surface area contributed by atoms with Crippen LogP contribution in [0.2, 0.25) is 0 Å². The van der Waals surface area contributed by atoms with Gasteiger partial charge >= 0.3 is 0 Å². The van der Waals surface area contributed by atoms with Crippen molar-refractivity contribution in [1.29, 1.82) is 0 Å². The number of amides is 1. The van der Waals surface area contributed by atoms with Crippen LogP contribution in [-0.2, 0) is 0 Å². The van der Waals surface area contributed by atoms with Gasteiger partial charge in [0.05, 0.1) is 23.0 Å². The van der Waals surface area contributed by atoms with Crippen molar-refractivity contribution >= 4 is 35.8 Å². The largest absolute Gasteiger partial charge is 0.495 e. The number of methoxy groups -OCH3 is 1. The van der Waals surface area contributed by atoms with Crippen LogP contribution in [-0.4, -0.2) is 37.3 Å². The molecule has 0 aliphatic rings. The lowest BCUT2D eigenvalue weighted by Crippen LogP contribution is -2.29. The van der Waals surface area contributed by atoms with Crippen LogP contribution in [0.4, 0.5) is 5.69 Å². The quantitative estimate of drug-likeness (QED) is 0.466. The van der Waals surface area contributed by atoms with Crippen molar-refractivity contribution in [3.05, 3.63) is 27.8 Å². The minimum absolute atomic E-state index is 0. The van der Waals surface area contributed by atoms with Crippen molar-refractivity contribution < 1.29 is 14.5 Å². The van der Waals surface area contributed by atoms with E-state index in [1.165, 1.54) is 31.0 Å². The van der Waals surface area contributed by atoms with E-state index < -0.39 is 10.8 Å². The summed E-state index contributed by atoms with van der Waals surface area (Å²) in [5.74, 6) is -0.148. The van der Waals surface area contributed by atoms with Gasteiger partial charge in [0.1, 0.15) is 11.3 Å². The summed E-state index contributed by atoms with van der Waals surface area (Å²) < 4.78 is 5.07. The van der Waals surface area contributed by atoms with Crippen molar-refractivity contribution in [3.63, 3.8) is 0 Å². The maximum Gasteiger partial charge on any atom is 0.285 e. The smallest absolute Gasteiger partial charge is 0.285 e. The summed E-state index contributed by atoms with van der Waals surface area (Å²) in [5, 5.41) is 13.5. The predicted molar refractivity (Wildman–Crippen MR) is 80.1 cm³/mol. The summed E-state index contributed by atoms with van der Waals surface area (Å²) in [6.45, 7) is 0.529. The van der Waals surface area contributed by atoms with Gasteiger partial charge in [0, 0.05) is 13.1 Å². The van der Waals surface area contributed by atoms with Gasteiger partial charge in [-0.2, -0.15) is 0 Å². The van der Waals surface area contributed by atoms with Crippen LogP contribution in [0.15, 0.2) is 17.0 Å². The van der Waals surface area contributed by atoms with E-state index in [2.05, 4.69) is 5.32 Å². The van der Waals surface area contributed by atoms with Crippen molar-refractivity contribution in [2.45, 2.75) is 4.90 Å². The number of halogens is 1. The molecule has 0 saturated carbocycles. The summed E-state index contributed by atoms with van der Waals surface area (Å²) in [6.07, 6.45) is 1.80. The minimum Gasteiger partial charge on any atom is -0.495 e. The fraction of sp³-hybridized carbons (Fsp3) is 0.364. The lowest BCUT2D eigenvalue weighted by atomic mass is 10.1. The number of benzene rings is 1. The molecule has 1 aromatic rings. The third-order valence-electron chi connectivity index (χ3n) is 2.37. The second-order valence-corrected chi connectivity index (χ2v) is 4.37. The van der Waals surface area contributed by atoms with Gasteiger partial charge in [-0.3, -0.25) is 14.9 Å². The number of nitro benzene ring substituents is 1. The summed E-state index contributed by atoms with van der Waals surface area (Å²) in [7, 11) is 1.42. The molecular formula is C11H16ClN3O4S. The molecule has 0 aliphatic heterocycles. The molecule has 0 aliphatic carbocycles. The molecule has 0 spiro atoms. The Balaban J connectivity index is 0.00000361. The molecule has 0 atom stereocenters. The Bertz CT molecular complexity index is 499. The van der Waals surface area contributed by atoms with Gasteiger partial charge in [0.2, 0.25) is 0 Å². The highest BCUT2D eigenvalue weighted by molar-refractivity contribution is 7.98. The van der Waals surface area contributed by atoms with Crippen molar-refractivity contribution in [2.24, 2.45) is 5.73 Å². The summed E-state index contributed by atoms with van der Waals surface area (Å²) in [5.41, 5.74) is 5.00. The molecule has 0 fully saturated rings. The Morgan fingerprint density at radius 1 is 1.55 bits per heavy atom. The van der Waals surface area contributed by atoms with Gasteiger partial charge in [-0.15, -0.1) is 24.2 Å². The molecule has 0 aromatic heterocycles. The number of hydrogen-bond acceptors (Lipinski definition) is 6. The lowest BCUT2D eigenvalue weighted by molar-refractivity contribution is -0.385. The van der Waals surface area contributed by atoms with Gasteiger partial charge in [-0.1, -0.05) is 0 Å². The third-order valence-corrected chi connectivity index (χ3v) is 3.13. The molecule has 0 unspecified atom stereocenters. The van der Waals surface area contributed by atoms with E-state index >= 15 is 0 Å². The summed E-state index contributed by atoms with van der Waals surface area (Å²) in [6, 6.07) is 2.71. The van der Waals surface area contributed by atoms with Crippen LogP contribution in [0.3, 0.4) is 0 Å². The molecule has 3 N–H and O–H groups in total. The maximum absolute atomic E-state index is 11.9. The molecule has 9 heteroatoms. The van der Waals surface area contributed by atoms with E-state index in [1.807, 2.05) is 0 Å². The number of nitrogens with two attached hydrogens (primary N) is 1. The van der Waals surface area contributed by atoms with Crippen LogP contribution < -0.4 is 15.8 Å². The van der Waals surface area contributed by atoms with Gasteiger partial charge < -0.3 is 15.8 Å². The standard InChI is InChI=1S/C11H15N3O4S.ClH/c1-18-9-6-8(14(16)17)7(5-10(9)19-2)11(15)13-4-3-12;/h5-6H,3-4,12H2,1-2H3,(H,13,15);1H. The highest BCUT2D eigenvalue weighted by atomic mass is 35.5. The molecular weight excluding hydrogens is 306 g/mol. The van der Waals surface area contributed by atoms with E-state index in [-0.39, 0.29) is 36.7 Å². The molecule has 1 rings (SSSR count). The fourth-order valence-electron chi connectivity index (χ4n) is 1.48. The Labute approximate surface area is 126 Å². The normalized spacial score (nSPS) is 9.55. The highest BCUT2D eigenvalue weighted by Crippen LogP contribution is 2.34. The molecule has 20 heavy (non-hydrogen) atoms. The Morgan fingerprint density at radius 2 is 2.20 bits per heavy atom. The van der Waals surface area contributed by atoms with E-state index in [9.17, 15) is 14.9 Å². The Morgan fingerprint density at radius 3 is 2.65 bits per heavy atom. The summed E-state index contributed by atoms with van der Waals surface area (Å²) in [4.78, 5) is 22.9. The lowest BCUT2D eigenvalue weighted by Gasteiger charge is -2.10. The second kappa shape index (κ2) is 8.62. The first-order chi connectivity index (χ1) is 9.04. The predicted octanol–water partition coefficient (Wildman–Crippen LogP) is 1.44. The molecule has 0 bridgehead atoms. The number of nitrogens with zero attached hydrogens (tertiary/aromatic N) is 1. The highest BCUT2D eigenvalue weighted by Gasteiger charge is 2.23. The molecule has 0 heterocycles. The number of nitrogens with one attached hydrogen (secondary N) is 1. The zero-order valence-electron chi connectivity index (χ0n) is 11.0. The summed E-state index contributed by atoms with van der Waals surface area (Å²) >= 11 is 1.34. The number of ether oxygens (including phenoxy) is 1. The minimum atomic E-state index is -0.607. The van der Waals surface area contributed by atoms with Crippen molar-refractivity contribution in [3.8, 4) is 5.75 Å². The number of nitro groups is 1. The van der Waals surface area contributed by atoms with Crippen LogP contribution in [0.5, 0.6) is 5.75 Å². The monoisotopic (exact) mass is 321 g/mol. The SMILES string of the molecule is COc1cc([N+](=O)[O-])c(C(=O)NCCN)cc1SC.Cl. The molecule has 1 aromatic carbocycles. The van der Waals surface area contributed by atoms with Gasteiger partial charge in [-0.05, 0) is 12.3 Å². The van der Waals surface area contributed by atoms with Gasteiger partial charge in [0.15, 0.2) is 0 Å². The van der Waals surface area contributed by atoms with Crippen LogP contribution in [0.1, 0.15) is 10.4 Å². The molecule has 1 amide bonds. The fourth-order valence-corrected chi connectivity index (χ4v) is 2.06. The first kappa shape index (κ1) is 18.5. The van der Waals surface area contributed by atoms with E-state index in [0.29, 0.717) is 10.6 Å². The first-order valence-electron chi connectivity index (χ1n) is 5.43. The van der Waals surface area contributed by atoms with Crippen LogP contribution in [0, 0.1) is 10.1 Å². The third kappa shape index (κ3) is 4.26. The van der Waals surface area contributed by atoms with Crippen LogP contribution >= 0.6 is 24.2 Å². The van der Waals surface area contributed by atoms with Crippen LogP contribution in [0.25, 0.3) is 0 Å². The molecule has 112 valence electrons. The number of hydrogen-bond donors (Lipinski definition) is 2. The Kier molecular flexibility index (Phi) is 7.97. The molecule has 0 saturated heterocycles. The number of carbonyl (C=O) groups is 1. The second-order valence-electron chi connectivity index (χ2n) is 3.53. The average Bonchev–Trinajstić information content (AvgIpc) is 2.42. The molecule has 0 radical (unpaired) electrons. The average molecular weight is 322 g/mol. The molecule has 7 nitrogen and oxygen atoms in total. The van der Waals surface area contributed by atoms with Crippen molar-refractivity contribution in [1.82, 2.24) is 5.32 Å². The van der Waals surface area contributed by atoms with E-state index in [1.54, 1.807) is 6.26 Å². The zero-order valence-corrected chi connectivity index (χ0v) is 12.7. The van der Waals surface area contributed by atoms with E-state index in [0.717, 1.165) is 0 Å². The van der Waals surface area contributed by atoms with Gasteiger partial charge in [-0.25, -0.2) is 0 Å². The maximum atomic E-state index is 11.9. The number of rotatable bonds is 6. The zero-order chi connectivity index (χ0) is 14.4. The topological polar surface area (TPSA) is 107 Å². The first-order valence-corrected chi connectivity index (χ1v) is 6.66. The van der Waals surface area contributed by atoms with Crippen molar-refractivity contribution in [2.75, 3.05) is 26.5 Å². The van der Waals surface area contributed by atoms with Gasteiger partial charge in [0.25, 0.3) is 11.6 Å². The van der Waals surface area contributed by atoms with E-state index in [4.69, 9.17) is 10.5 Å². The Hall–Kier alpha value is -1.51. The number of carbonyl (C=O) groups excluding carboxylic acids is 1. The number of thioether (sulfide) groups is 1.